The zero-order valence-electron chi connectivity index (χ0n) is 11.7. The molecule has 0 spiro atoms. The van der Waals surface area contributed by atoms with Crippen molar-refractivity contribution in [2.24, 2.45) is 0 Å². The molecule has 0 aliphatic heterocycles. The number of hydrogen-bond acceptors (Lipinski definition) is 2. The summed E-state index contributed by atoms with van der Waals surface area (Å²) in [5.41, 5.74) is 2.69. The van der Waals surface area contributed by atoms with E-state index in [4.69, 9.17) is 0 Å². The fraction of sp³-hybridized carbons (Fsp3) is 0.250. The van der Waals surface area contributed by atoms with Gasteiger partial charge in [-0.1, -0.05) is 12.1 Å². The van der Waals surface area contributed by atoms with Crippen molar-refractivity contribution < 1.29 is 4.79 Å². The second-order valence-corrected chi connectivity index (χ2v) is 5.23. The van der Waals surface area contributed by atoms with Gasteiger partial charge in [0.2, 0.25) is 0 Å². The van der Waals surface area contributed by atoms with Crippen molar-refractivity contribution in [1.82, 2.24) is 14.3 Å². The Labute approximate surface area is 117 Å². The van der Waals surface area contributed by atoms with Gasteiger partial charge in [0, 0.05) is 29.4 Å². The van der Waals surface area contributed by atoms with Gasteiger partial charge in [-0.05, 0) is 32.0 Å². The standard InChI is InChI=1S/C16H17N3O/c1-12(2)19-9-7-15(17-19)10-18-8-6-13-4-3-5-14(11-20)16(13)18/h3-9,11-12H,10H2,1-2H3. The number of benzene rings is 1. The highest BCUT2D eigenvalue weighted by molar-refractivity contribution is 5.96. The quantitative estimate of drug-likeness (QED) is 0.680. The Kier molecular flexibility index (Phi) is 3.14. The first kappa shape index (κ1) is 12.7. The van der Waals surface area contributed by atoms with Crippen LogP contribution in [-0.4, -0.2) is 20.6 Å². The zero-order chi connectivity index (χ0) is 14.1. The molecule has 20 heavy (non-hydrogen) atoms. The summed E-state index contributed by atoms with van der Waals surface area (Å²) in [5.74, 6) is 0. The highest BCUT2D eigenvalue weighted by atomic mass is 16.1. The summed E-state index contributed by atoms with van der Waals surface area (Å²) >= 11 is 0. The minimum Gasteiger partial charge on any atom is -0.341 e. The maximum atomic E-state index is 11.2. The van der Waals surface area contributed by atoms with E-state index in [0.29, 0.717) is 12.6 Å². The minimum absolute atomic E-state index is 0.357. The first-order valence-corrected chi connectivity index (χ1v) is 6.76. The molecule has 0 unspecified atom stereocenters. The minimum atomic E-state index is 0.357. The second kappa shape index (κ2) is 4.96. The maximum absolute atomic E-state index is 11.2. The molecule has 2 aromatic heterocycles. The Bertz CT molecular complexity index is 752. The van der Waals surface area contributed by atoms with E-state index in [1.807, 2.05) is 47.4 Å². The summed E-state index contributed by atoms with van der Waals surface area (Å²) in [7, 11) is 0. The predicted octanol–water partition coefficient (Wildman–Crippen LogP) is 3.28. The molecule has 4 nitrogen and oxygen atoms in total. The molecule has 0 aliphatic rings. The largest absolute Gasteiger partial charge is 0.341 e. The topological polar surface area (TPSA) is 39.8 Å². The van der Waals surface area contributed by atoms with Crippen molar-refractivity contribution >= 4 is 17.2 Å². The Morgan fingerprint density at radius 3 is 2.75 bits per heavy atom. The van der Waals surface area contributed by atoms with E-state index in [-0.39, 0.29) is 0 Å². The molecule has 0 atom stereocenters. The number of aromatic nitrogens is 3. The molecule has 0 saturated carbocycles. The van der Waals surface area contributed by atoms with Gasteiger partial charge < -0.3 is 4.57 Å². The molecule has 1 aromatic carbocycles. The van der Waals surface area contributed by atoms with Crippen molar-refractivity contribution in [2.75, 3.05) is 0 Å². The Balaban J connectivity index is 2.00. The molecule has 3 rings (SSSR count). The Hall–Kier alpha value is -2.36. The first-order chi connectivity index (χ1) is 9.69. The van der Waals surface area contributed by atoms with Crippen molar-refractivity contribution in [1.29, 1.82) is 0 Å². The van der Waals surface area contributed by atoms with E-state index in [1.165, 1.54) is 0 Å². The predicted molar refractivity (Wildman–Crippen MR) is 79.0 cm³/mol. The van der Waals surface area contributed by atoms with E-state index < -0.39 is 0 Å². The van der Waals surface area contributed by atoms with Crippen LogP contribution in [0.15, 0.2) is 42.7 Å². The van der Waals surface area contributed by atoms with Crippen molar-refractivity contribution in [3.8, 4) is 0 Å². The third kappa shape index (κ3) is 2.13. The summed E-state index contributed by atoms with van der Waals surface area (Å²) in [5, 5.41) is 5.64. The zero-order valence-corrected chi connectivity index (χ0v) is 11.7. The van der Waals surface area contributed by atoms with Gasteiger partial charge >= 0.3 is 0 Å². The number of aldehydes is 1. The van der Waals surface area contributed by atoms with E-state index >= 15 is 0 Å². The Morgan fingerprint density at radius 2 is 2.05 bits per heavy atom. The maximum Gasteiger partial charge on any atom is 0.152 e. The molecule has 3 aromatic rings. The molecular formula is C16H17N3O. The fourth-order valence-electron chi connectivity index (χ4n) is 2.44. The molecule has 0 N–H and O–H groups in total. The SMILES string of the molecule is CC(C)n1ccc(Cn2ccc3cccc(C=O)c32)n1. The highest BCUT2D eigenvalue weighted by Gasteiger charge is 2.08. The van der Waals surface area contributed by atoms with Gasteiger partial charge in [0.15, 0.2) is 6.29 Å². The van der Waals surface area contributed by atoms with Crippen LogP contribution in [0.3, 0.4) is 0 Å². The van der Waals surface area contributed by atoms with Crippen LogP contribution in [0.1, 0.15) is 35.9 Å². The summed E-state index contributed by atoms with van der Waals surface area (Å²) in [6.07, 6.45) is 4.91. The van der Waals surface area contributed by atoms with Gasteiger partial charge in [0.25, 0.3) is 0 Å². The fourth-order valence-corrected chi connectivity index (χ4v) is 2.44. The molecule has 0 fully saturated rings. The van der Waals surface area contributed by atoms with Crippen LogP contribution in [0, 0.1) is 0 Å². The lowest BCUT2D eigenvalue weighted by molar-refractivity contribution is 0.112. The van der Waals surface area contributed by atoms with Crippen LogP contribution in [0.4, 0.5) is 0 Å². The van der Waals surface area contributed by atoms with Crippen LogP contribution in [0.25, 0.3) is 10.9 Å². The molecule has 0 aliphatic carbocycles. The highest BCUT2D eigenvalue weighted by Crippen LogP contribution is 2.20. The molecule has 0 bridgehead atoms. The van der Waals surface area contributed by atoms with Gasteiger partial charge in [-0.2, -0.15) is 5.10 Å². The first-order valence-electron chi connectivity index (χ1n) is 6.76. The number of carbonyl (C=O) groups excluding carboxylic acids is 1. The molecule has 2 heterocycles. The number of carbonyl (C=O) groups is 1. The summed E-state index contributed by atoms with van der Waals surface area (Å²) in [6.45, 7) is 4.88. The van der Waals surface area contributed by atoms with Crippen LogP contribution < -0.4 is 0 Å². The lowest BCUT2D eigenvalue weighted by atomic mass is 10.1. The van der Waals surface area contributed by atoms with Gasteiger partial charge in [-0.15, -0.1) is 0 Å². The number of rotatable bonds is 4. The lowest BCUT2D eigenvalue weighted by Gasteiger charge is -2.06. The van der Waals surface area contributed by atoms with Crippen LogP contribution in [0.5, 0.6) is 0 Å². The summed E-state index contributed by atoms with van der Waals surface area (Å²) in [6, 6.07) is 10.2. The normalized spacial score (nSPS) is 11.3. The molecule has 0 radical (unpaired) electrons. The van der Waals surface area contributed by atoms with Gasteiger partial charge in [-0.25, -0.2) is 0 Å². The van der Waals surface area contributed by atoms with Crippen molar-refractivity contribution in [3.63, 3.8) is 0 Å². The third-order valence-corrected chi connectivity index (χ3v) is 3.47. The van der Waals surface area contributed by atoms with Crippen molar-refractivity contribution in [3.05, 3.63) is 54.0 Å². The molecule has 0 saturated heterocycles. The van der Waals surface area contributed by atoms with Crippen molar-refractivity contribution in [2.45, 2.75) is 26.4 Å². The molecular weight excluding hydrogens is 250 g/mol. The number of fused-ring (bicyclic) bond motifs is 1. The monoisotopic (exact) mass is 267 g/mol. The molecule has 4 heteroatoms. The average Bonchev–Trinajstić information content (AvgIpc) is 3.06. The van der Waals surface area contributed by atoms with E-state index in [1.54, 1.807) is 0 Å². The number of para-hydroxylation sites is 1. The van der Waals surface area contributed by atoms with Crippen LogP contribution in [0.2, 0.25) is 0 Å². The van der Waals surface area contributed by atoms with Crippen LogP contribution in [-0.2, 0) is 6.54 Å². The van der Waals surface area contributed by atoms with Gasteiger partial charge in [0.05, 0.1) is 17.8 Å². The number of hydrogen-bond donors (Lipinski definition) is 0. The third-order valence-electron chi connectivity index (χ3n) is 3.47. The van der Waals surface area contributed by atoms with Crippen LogP contribution >= 0.6 is 0 Å². The molecule has 102 valence electrons. The lowest BCUT2D eigenvalue weighted by Crippen LogP contribution is -2.04. The van der Waals surface area contributed by atoms with Gasteiger partial charge in [0.1, 0.15) is 0 Å². The summed E-state index contributed by atoms with van der Waals surface area (Å²) in [4.78, 5) is 11.2. The van der Waals surface area contributed by atoms with E-state index in [9.17, 15) is 4.79 Å². The van der Waals surface area contributed by atoms with E-state index in [0.717, 1.165) is 28.4 Å². The number of nitrogens with zero attached hydrogens (tertiary/aromatic N) is 3. The summed E-state index contributed by atoms with van der Waals surface area (Å²) < 4.78 is 4.02. The van der Waals surface area contributed by atoms with E-state index in [2.05, 4.69) is 23.5 Å². The van der Waals surface area contributed by atoms with Gasteiger partial charge in [-0.3, -0.25) is 9.48 Å². The average molecular weight is 267 g/mol. The second-order valence-electron chi connectivity index (χ2n) is 5.23. The molecule has 0 amide bonds. The Morgan fingerprint density at radius 1 is 1.20 bits per heavy atom. The smallest absolute Gasteiger partial charge is 0.152 e.